The Hall–Kier alpha value is -0.0800. The molecule has 0 aromatic carbocycles. The molecule has 2 heteroatoms. The second-order valence-electron chi connectivity index (χ2n) is 1.55. The van der Waals surface area contributed by atoms with Crippen LogP contribution < -0.4 is 0 Å². The van der Waals surface area contributed by atoms with Crippen LogP contribution in [0.3, 0.4) is 0 Å². The minimum absolute atomic E-state index is 0.162. The lowest BCUT2D eigenvalue weighted by Crippen LogP contribution is -2.02. The zero-order chi connectivity index (χ0) is 5.70. The van der Waals surface area contributed by atoms with Gasteiger partial charge in [-0.3, -0.25) is 0 Å². The van der Waals surface area contributed by atoms with E-state index in [2.05, 4.69) is 4.89 Å². The Morgan fingerprint density at radius 2 is 2.43 bits per heavy atom. The summed E-state index contributed by atoms with van der Waals surface area (Å²) in [7, 11) is 0. The topological polar surface area (TPSA) is 29.1 Å². The molecular weight excluding hydrogens is 92.1 g/mol. The molecule has 0 aromatic heterocycles. The lowest BCUT2D eigenvalue weighted by atomic mass is 10.2. The van der Waals surface area contributed by atoms with Gasteiger partial charge in [0.15, 0.2) is 0 Å². The molecule has 1 unspecified atom stereocenters. The molecule has 0 heterocycles. The summed E-state index contributed by atoms with van der Waals surface area (Å²) in [5.41, 5.74) is 0. The summed E-state index contributed by atoms with van der Waals surface area (Å²) in [6.45, 7) is 3.64. The predicted octanol–water partition coefficient (Wildman–Crippen LogP) is 1.35. The van der Waals surface area contributed by atoms with E-state index in [4.69, 9.17) is 0 Å². The van der Waals surface area contributed by atoms with Gasteiger partial charge in [-0.15, -0.1) is 0 Å². The van der Waals surface area contributed by atoms with Gasteiger partial charge < -0.3 is 0 Å². The molecule has 0 saturated heterocycles. The molecule has 0 aliphatic rings. The fourth-order valence-corrected chi connectivity index (χ4v) is 0.371. The fraction of sp³-hybridized carbons (Fsp3) is 0.800. The Morgan fingerprint density at radius 3 is 2.57 bits per heavy atom. The van der Waals surface area contributed by atoms with E-state index in [9.17, 15) is 5.26 Å². The summed E-state index contributed by atoms with van der Waals surface area (Å²) < 4.78 is 0. The average Bonchev–Trinajstić information content (AvgIpc) is 1.68. The number of rotatable bonds is 3. The molecule has 0 saturated carbocycles. The van der Waals surface area contributed by atoms with E-state index in [1.54, 1.807) is 6.92 Å². The number of hydrogen-bond donors (Lipinski definition) is 0. The van der Waals surface area contributed by atoms with Crippen molar-refractivity contribution in [3.8, 4) is 0 Å². The molecule has 2 nitrogen and oxygen atoms in total. The van der Waals surface area contributed by atoms with Crippen LogP contribution in [0.1, 0.15) is 20.3 Å². The van der Waals surface area contributed by atoms with Gasteiger partial charge in [-0.1, -0.05) is 6.92 Å². The summed E-state index contributed by atoms with van der Waals surface area (Å²) in [4.78, 5) is 3.71. The molecule has 0 N–H and O–H groups in total. The van der Waals surface area contributed by atoms with Gasteiger partial charge in [-0.2, -0.15) is 0 Å². The van der Waals surface area contributed by atoms with E-state index in [-0.39, 0.29) is 6.10 Å². The van der Waals surface area contributed by atoms with Gasteiger partial charge in [0.05, 0.1) is 6.10 Å². The van der Waals surface area contributed by atoms with Crippen LogP contribution >= 0.6 is 0 Å². The van der Waals surface area contributed by atoms with Crippen molar-refractivity contribution in [3.05, 3.63) is 6.42 Å². The largest absolute Gasteiger partial charge is 0.201 e. The Bertz CT molecular complexity index is 37.1. The minimum atomic E-state index is -0.162. The number of hydrogen-bond acceptors (Lipinski definition) is 1. The molecule has 2 radical (unpaired) electrons. The molecule has 0 fully saturated rings. The van der Waals surface area contributed by atoms with E-state index in [0.29, 0.717) is 0 Å². The van der Waals surface area contributed by atoms with E-state index in [0.717, 1.165) is 6.42 Å². The van der Waals surface area contributed by atoms with Gasteiger partial charge in [-0.05, 0) is 25.0 Å². The highest BCUT2D eigenvalue weighted by molar-refractivity contribution is 4.59. The maximum absolute atomic E-state index is 9.50. The van der Waals surface area contributed by atoms with E-state index < -0.39 is 0 Å². The van der Waals surface area contributed by atoms with Gasteiger partial charge >= 0.3 is 0 Å². The quantitative estimate of drug-likeness (QED) is 0.390. The van der Waals surface area contributed by atoms with Crippen LogP contribution in [0, 0.1) is 6.42 Å². The van der Waals surface area contributed by atoms with Crippen molar-refractivity contribution in [3.63, 3.8) is 0 Å². The van der Waals surface area contributed by atoms with Crippen LogP contribution in [-0.4, -0.2) is 6.10 Å². The first-order valence-corrected chi connectivity index (χ1v) is 2.37. The van der Waals surface area contributed by atoms with Crippen LogP contribution in [-0.2, 0) is 10.1 Å². The third kappa shape index (κ3) is 3.76. The lowest BCUT2D eigenvalue weighted by molar-refractivity contribution is -0.330. The lowest BCUT2D eigenvalue weighted by Gasteiger charge is -1.99. The van der Waals surface area contributed by atoms with Gasteiger partial charge in [0, 0.05) is 0 Å². The molecule has 0 bridgehead atoms. The van der Waals surface area contributed by atoms with Crippen molar-refractivity contribution in [1.29, 1.82) is 0 Å². The Labute approximate surface area is 44.0 Å². The van der Waals surface area contributed by atoms with E-state index in [1.165, 1.54) is 0 Å². The highest BCUT2D eigenvalue weighted by Crippen LogP contribution is 1.96. The van der Waals surface area contributed by atoms with Gasteiger partial charge in [-0.25, -0.2) is 4.89 Å². The van der Waals surface area contributed by atoms with Crippen LogP contribution in [0.5, 0.6) is 0 Å². The smallest absolute Gasteiger partial charge is 0.0937 e. The van der Waals surface area contributed by atoms with Crippen molar-refractivity contribution in [2.75, 3.05) is 0 Å². The summed E-state index contributed by atoms with van der Waals surface area (Å²) in [5.74, 6) is 0. The zero-order valence-corrected chi connectivity index (χ0v) is 4.68. The Morgan fingerprint density at radius 1 is 1.86 bits per heavy atom. The minimum Gasteiger partial charge on any atom is -0.201 e. The second-order valence-corrected chi connectivity index (χ2v) is 1.55. The van der Waals surface area contributed by atoms with Crippen molar-refractivity contribution in [2.45, 2.75) is 26.4 Å². The van der Waals surface area contributed by atoms with Crippen molar-refractivity contribution < 1.29 is 10.1 Å². The third-order valence-electron chi connectivity index (χ3n) is 0.732. The molecule has 42 valence electrons. The summed E-state index contributed by atoms with van der Waals surface area (Å²) in [6, 6.07) is 0. The highest BCUT2D eigenvalue weighted by atomic mass is 17.1. The molecule has 0 rings (SSSR count). The second kappa shape index (κ2) is 4.09. The van der Waals surface area contributed by atoms with Gasteiger partial charge in [0.1, 0.15) is 0 Å². The molecule has 0 amide bonds. The van der Waals surface area contributed by atoms with Gasteiger partial charge in [0.25, 0.3) is 0 Å². The fourth-order valence-electron chi connectivity index (χ4n) is 0.371. The third-order valence-corrected chi connectivity index (χ3v) is 0.732. The highest BCUT2D eigenvalue weighted by Gasteiger charge is 1.96. The predicted molar refractivity (Wildman–Crippen MR) is 25.8 cm³/mol. The summed E-state index contributed by atoms with van der Waals surface area (Å²) in [6.07, 6.45) is 2.48. The maximum Gasteiger partial charge on any atom is 0.0937 e. The monoisotopic (exact) mass is 102 g/mol. The van der Waals surface area contributed by atoms with Gasteiger partial charge in [0.2, 0.25) is 0 Å². The molecule has 7 heavy (non-hydrogen) atoms. The first-order chi connectivity index (χ1) is 3.31. The summed E-state index contributed by atoms with van der Waals surface area (Å²) >= 11 is 0. The van der Waals surface area contributed by atoms with E-state index in [1.807, 2.05) is 13.3 Å². The van der Waals surface area contributed by atoms with Crippen molar-refractivity contribution in [2.24, 2.45) is 0 Å². The molecule has 1 atom stereocenters. The first-order valence-electron chi connectivity index (χ1n) is 2.37. The molecule has 0 aliphatic carbocycles. The van der Waals surface area contributed by atoms with Crippen molar-refractivity contribution >= 4 is 0 Å². The van der Waals surface area contributed by atoms with Crippen LogP contribution in [0.25, 0.3) is 0 Å². The maximum atomic E-state index is 9.50. The van der Waals surface area contributed by atoms with Crippen LogP contribution in [0.2, 0.25) is 0 Å². The standard InChI is InChI=1S/C5H10O2/c1-3-4-5(2)7-6/h3,5H,4H2,1-2H3. The normalized spacial score (nSPS) is 14.1. The van der Waals surface area contributed by atoms with Crippen LogP contribution in [0.4, 0.5) is 0 Å². The SMILES string of the molecule is C[CH]CC(C)O[O]. The Balaban J connectivity index is 2.83. The van der Waals surface area contributed by atoms with Crippen molar-refractivity contribution in [1.82, 2.24) is 0 Å². The molecular formula is C5H10O2. The average molecular weight is 102 g/mol. The Kier molecular flexibility index (Phi) is 4.04. The molecule has 0 spiro atoms. The zero-order valence-electron chi connectivity index (χ0n) is 4.68. The molecule has 0 aromatic rings. The van der Waals surface area contributed by atoms with Crippen LogP contribution in [0.15, 0.2) is 0 Å². The van der Waals surface area contributed by atoms with E-state index >= 15 is 0 Å². The summed E-state index contributed by atoms with van der Waals surface area (Å²) in [5, 5.41) is 9.50. The first kappa shape index (κ1) is 6.92. The molecule has 0 aliphatic heterocycles.